The van der Waals surface area contributed by atoms with E-state index in [9.17, 15) is 18.0 Å². The van der Waals surface area contributed by atoms with Crippen molar-refractivity contribution in [2.75, 3.05) is 0 Å². The summed E-state index contributed by atoms with van der Waals surface area (Å²) in [6.45, 7) is 0. The van der Waals surface area contributed by atoms with Crippen molar-refractivity contribution in [2.45, 2.75) is 31.9 Å². The minimum Gasteiger partial charge on any atom is -0.329 e. The Morgan fingerprint density at radius 2 is 1.96 bits per heavy atom. The highest BCUT2D eigenvalue weighted by atomic mass is 19.4. The van der Waals surface area contributed by atoms with Crippen molar-refractivity contribution in [2.24, 2.45) is 0 Å². The van der Waals surface area contributed by atoms with E-state index in [-0.39, 0.29) is 18.0 Å². The number of carbonyl (C=O) groups is 1. The van der Waals surface area contributed by atoms with Gasteiger partial charge in [-0.05, 0) is 30.4 Å². The first-order valence-electron chi connectivity index (χ1n) is 7.16. The summed E-state index contributed by atoms with van der Waals surface area (Å²) in [7, 11) is 0. The molecule has 0 spiro atoms. The van der Waals surface area contributed by atoms with Crippen LogP contribution in [0.15, 0.2) is 40.4 Å². The Kier molecular flexibility index (Phi) is 4.02. The Balaban J connectivity index is 1.72. The Morgan fingerprint density at radius 3 is 2.52 bits per heavy atom. The lowest BCUT2D eigenvalue weighted by Crippen LogP contribution is -2.05. The van der Waals surface area contributed by atoms with Crippen molar-refractivity contribution in [3.63, 3.8) is 0 Å². The third-order valence-corrected chi connectivity index (χ3v) is 3.64. The molecule has 0 aliphatic heterocycles. The van der Waals surface area contributed by atoms with E-state index < -0.39 is 12.1 Å². The highest BCUT2D eigenvalue weighted by Crippen LogP contribution is 2.29. The van der Waals surface area contributed by atoms with Crippen LogP contribution in [-0.4, -0.2) is 15.9 Å². The number of nitrogens with zero attached hydrogens (tertiary/aromatic N) is 2. The van der Waals surface area contributed by atoms with Gasteiger partial charge < -0.3 is 4.52 Å². The zero-order valence-corrected chi connectivity index (χ0v) is 12.1. The van der Waals surface area contributed by atoms with E-state index in [1.807, 2.05) is 6.08 Å². The molecular weight excluding hydrogens is 309 g/mol. The number of allylic oxidation sites excluding steroid dienone is 2. The zero-order valence-electron chi connectivity index (χ0n) is 12.1. The monoisotopic (exact) mass is 322 g/mol. The van der Waals surface area contributed by atoms with Crippen LogP contribution in [0.5, 0.6) is 0 Å². The maximum absolute atomic E-state index is 12.4. The summed E-state index contributed by atoms with van der Waals surface area (Å²) >= 11 is 0. The molecule has 0 fully saturated rings. The van der Waals surface area contributed by atoms with E-state index in [2.05, 4.69) is 14.7 Å². The molecule has 1 aromatic heterocycles. The molecule has 0 radical (unpaired) electrons. The van der Waals surface area contributed by atoms with Crippen LogP contribution in [0.2, 0.25) is 0 Å². The molecule has 0 saturated heterocycles. The van der Waals surface area contributed by atoms with Gasteiger partial charge in [0.2, 0.25) is 5.82 Å². The molecular formula is C16H13F3N2O2. The van der Waals surface area contributed by atoms with Gasteiger partial charge >= 0.3 is 12.1 Å². The molecule has 1 heterocycles. The predicted molar refractivity (Wildman–Crippen MR) is 75.4 cm³/mol. The third kappa shape index (κ3) is 3.49. The van der Waals surface area contributed by atoms with Gasteiger partial charge in [-0.3, -0.25) is 4.79 Å². The maximum atomic E-state index is 12.4. The van der Waals surface area contributed by atoms with Gasteiger partial charge in [-0.15, -0.1) is 0 Å². The van der Waals surface area contributed by atoms with Gasteiger partial charge in [-0.25, -0.2) is 0 Å². The number of alkyl halides is 3. The van der Waals surface area contributed by atoms with Crippen molar-refractivity contribution in [3.05, 3.63) is 47.4 Å². The number of ketones is 1. The molecule has 0 bridgehead atoms. The molecule has 2 aromatic rings. The molecule has 0 amide bonds. The van der Waals surface area contributed by atoms with Crippen LogP contribution in [0.3, 0.4) is 0 Å². The first kappa shape index (κ1) is 15.5. The van der Waals surface area contributed by atoms with Gasteiger partial charge in [0.15, 0.2) is 5.78 Å². The first-order valence-corrected chi connectivity index (χ1v) is 7.16. The molecule has 4 nitrogen and oxygen atoms in total. The molecule has 0 unspecified atom stereocenters. The average molecular weight is 322 g/mol. The summed E-state index contributed by atoms with van der Waals surface area (Å²) in [6, 6.07) is 6.53. The first-order chi connectivity index (χ1) is 10.9. The van der Waals surface area contributed by atoms with Crippen LogP contribution < -0.4 is 0 Å². The highest BCUT2D eigenvalue weighted by molar-refractivity contribution is 5.97. The Bertz CT molecular complexity index is 745. The van der Waals surface area contributed by atoms with Crippen molar-refractivity contribution < 1.29 is 22.5 Å². The number of halogens is 3. The van der Waals surface area contributed by atoms with Crippen molar-refractivity contribution in [1.29, 1.82) is 0 Å². The molecule has 0 saturated carbocycles. The van der Waals surface area contributed by atoms with Crippen molar-refractivity contribution in [1.82, 2.24) is 10.1 Å². The smallest absolute Gasteiger partial charge is 0.329 e. The van der Waals surface area contributed by atoms with E-state index in [0.29, 0.717) is 5.56 Å². The van der Waals surface area contributed by atoms with Gasteiger partial charge in [0.05, 0.1) is 0 Å². The minimum atomic E-state index is -4.66. The van der Waals surface area contributed by atoms with E-state index in [4.69, 9.17) is 0 Å². The summed E-state index contributed by atoms with van der Waals surface area (Å²) in [5.41, 5.74) is 2.06. The predicted octanol–water partition coefficient (Wildman–Crippen LogP) is 3.98. The summed E-state index contributed by atoms with van der Waals surface area (Å²) in [4.78, 5) is 15.4. The lowest BCUT2D eigenvalue weighted by Gasteiger charge is -2.03. The van der Waals surface area contributed by atoms with E-state index >= 15 is 0 Å². The number of carbonyl (C=O) groups excluding carboxylic acids is 1. The molecule has 3 rings (SSSR count). The standard InChI is InChI=1S/C16H13F3N2O2/c17-16(18,19)15-20-14(21-23-15)12-7-5-10(6-8-12)9-13(22)11-3-1-2-4-11/h3,5-8H,1-2,4,9H2. The number of Topliss-reactive ketones (excluding diaryl/α,β-unsaturated/α-hetero) is 1. The summed E-state index contributed by atoms with van der Waals surface area (Å²) in [5.74, 6) is -1.41. The summed E-state index contributed by atoms with van der Waals surface area (Å²) < 4.78 is 41.5. The van der Waals surface area contributed by atoms with E-state index in [0.717, 1.165) is 30.4 Å². The molecule has 0 atom stereocenters. The van der Waals surface area contributed by atoms with Gasteiger partial charge in [-0.1, -0.05) is 35.5 Å². The Labute approximate surface area is 130 Å². The number of hydrogen-bond donors (Lipinski definition) is 0. The van der Waals surface area contributed by atoms with Crippen LogP contribution in [0, 0.1) is 0 Å². The van der Waals surface area contributed by atoms with Crippen LogP contribution in [0.1, 0.15) is 30.7 Å². The SMILES string of the molecule is O=C(Cc1ccc(-c2noc(C(F)(F)F)n2)cc1)C1=CCCC1. The largest absolute Gasteiger partial charge is 0.471 e. The average Bonchev–Trinajstić information content (AvgIpc) is 3.19. The van der Waals surface area contributed by atoms with Gasteiger partial charge in [0, 0.05) is 12.0 Å². The van der Waals surface area contributed by atoms with Gasteiger partial charge in [0.1, 0.15) is 0 Å². The number of benzene rings is 1. The van der Waals surface area contributed by atoms with Crippen LogP contribution in [0.25, 0.3) is 11.4 Å². The lowest BCUT2D eigenvalue weighted by molar-refractivity contribution is -0.159. The molecule has 120 valence electrons. The fourth-order valence-corrected chi connectivity index (χ4v) is 2.45. The Hall–Kier alpha value is -2.44. The fraction of sp³-hybridized carbons (Fsp3) is 0.312. The molecule has 23 heavy (non-hydrogen) atoms. The third-order valence-electron chi connectivity index (χ3n) is 3.64. The second-order valence-electron chi connectivity index (χ2n) is 5.34. The van der Waals surface area contributed by atoms with E-state index in [1.165, 1.54) is 0 Å². The number of rotatable bonds is 4. The topological polar surface area (TPSA) is 56.0 Å². The molecule has 1 aliphatic carbocycles. The summed E-state index contributed by atoms with van der Waals surface area (Å²) in [5, 5.41) is 3.32. The number of aromatic nitrogens is 2. The lowest BCUT2D eigenvalue weighted by atomic mass is 10.0. The number of hydrogen-bond acceptors (Lipinski definition) is 4. The second kappa shape index (κ2) is 5.98. The zero-order chi connectivity index (χ0) is 16.4. The highest BCUT2D eigenvalue weighted by Gasteiger charge is 2.38. The molecule has 1 aromatic carbocycles. The van der Waals surface area contributed by atoms with Gasteiger partial charge in [0.25, 0.3) is 0 Å². The maximum Gasteiger partial charge on any atom is 0.471 e. The van der Waals surface area contributed by atoms with E-state index in [1.54, 1.807) is 24.3 Å². The second-order valence-corrected chi connectivity index (χ2v) is 5.34. The normalized spacial score (nSPS) is 14.8. The van der Waals surface area contributed by atoms with Crippen LogP contribution in [-0.2, 0) is 17.4 Å². The van der Waals surface area contributed by atoms with Crippen LogP contribution >= 0.6 is 0 Å². The van der Waals surface area contributed by atoms with Crippen LogP contribution in [0.4, 0.5) is 13.2 Å². The Morgan fingerprint density at radius 1 is 1.22 bits per heavy atom. The van der Waals surface area contributed by atoms with Crippen molar-refractivity contribution in [3.8, 4) is 11.4 Å². The van der Waals surface area contributed by atoms with Gasteiger partial charge in [-0.2, -0.15) is 18.2 Å². The molecule has 0 N–H and O–H groups in total. The molecule has 7 heteroatoms. The van der Waals surface area contributed by atoms with Crippen molar-refractivity contribution >= 4 is 5.78 Å². The summed E-state index contributed by atoms with van der Waals surface area (Å²) in [6.07, 6.45) is 0.367. The fourth-order valence-electron chi connectivity index (χ4n) is 2.45. The quantitative estimate of drug-likeness (QED) is 0.854. The minimum absolute atomic E-state index is 0.0918. The molecule has 1 aliphatic rings.